The Bertz CT molecular complexity index is 1540. The molecule has 0 radical (unpaired) electrons. The van der Waals surface area contributed by atoms with Gasteiger partial charge in [-0.15, -0.1) is 0 Å². The standard InChI is InChI=1S/C30H29N7O2/c1-21(38)36-15-17-37(18-16-36)26-7-3-6-25(19-26)34-30-33-20-24-5-2-8-27(28(24)35-30)22-9-11-23(12-10-22)29(39)32-14-4-13-31/h2-3,5-12,19-20H,4,14-18H2,1H3,(H,32,39)(H,33,34,35). The summed E-state index contributed by atoms with van der Waals surface area (Å²) < 4.78 is 0. The zero-order valence-electron chi connectivity index (χ0n) is 21.7. The predicted octanol–water partition coefficient (Wildman–Crippen LogP) is 4.35. The molecule has 1 aromatic heterocycles. The van der Waals surface area contributed by atoms with Gasteiger partial charge in [0.25, 0.3) is 5.91 Å². The highest BCUT2D eigenvalue weighted by Crippen LogP contribution is 2.29. The highest BCUT2D eigenvalue weighted by molar-refractivity contribution is 5.97. The first-order valence-electron chi connectivity index (χ1n) is 12.9. The van der Waals surface area contributed by atoms with Crippen molar-refractivity contribution >= 4 is 40.0 Å². The van der Waals surface area contributed by atoms with Crippen molar-refractivity contribution in [3.05, 3.63) is 78.5 Å². The van der Waals surface area contributed by atoms with Crippen LogP contribution >= 0.6 is 0 Å². The van der Waals surface area contributed by atoms with Gasteiger partial charge in [-0.05, 0) is 35.9 Å². The highest BCUT2D eigenvalue weighted by Gasteiger charge is 2.19. The average Bonchev–Trinajstić information content (AvgIpc) is 2.97. The summed E-state index contributed by atoms with van der Waals surface area (Å²) in [7, 11) is 0. The van der Waals surface area contributed by atoms with E-state index in [1.165, 1.54) is 0 Å². The lowest BCUT2D eigenvalue weighted by Crippen LogP contribution is -2.48. The van der Waals surface area contributed by atoms with E-state index in [9.17, 15) is 9.59 Å². The predicted molar refractivity (Wildman–Crippen MR) is 152 cm³/mol. The molecule has 1 fully saturated rings. The third-order valence-electron chi connectivity index (χ3n) is 6.78. The van der Waals surface area contributed by atoms with Crippen molar-refractivity contribution in [2.75, 3.05) is 42.9 Å². The zero-order valence-corrected chi connectivity index (χ0v) is 21.7. The number of carbonyl (C=O) groups is 2. The molecule has 1 aliphatic heterocycles. The second kappa shape index (κ2) is 11.6. The first-order valence-corrected chi connectivity index (χ1v) is 12.9. The van der Waals surface area contributed by atoms with E-state index in [0.29, 0.717) is 18.1 Å². The molecule has 196 valence electrons. The number of nitriles is 1. The Balaban J connectivity index is 1.34. The molecule has 1 saturated heterocycles. The van der Waals surface area contributed by atoms with E-state index in [1.54, 1.807) is 25.3 Å². The molecule has 9 heteroatoms. The van der Waals surface area contributed by atoms with Crippen LogP contribution < -0.4 is 15.5 Å². The number of aromatic nitrogens is 2. The summed E-state index contributed by atoms with van der Waals surface area (Å²) in [5.74, 6) is 0.403. The summed E-state index contributed by atoms with van der Waals surface area (Å²) >= 11 is 0. The molecular weight excluding hydrogens is 490 g/mol. The first-order chi connectivity index (χ1) is 19.0. The van der Waals surface area contributed by atoms with Gasteiger partial charge in [0, 0.05) is 73.7 Å². The summed E-state index contributed by atoms with van der Waals surface area (Å²) in [6, 6.07) is 23.4. The van der Waals surface area contributed by atoms with Crippen molar-refractivity contribution in [1.29, 1.82) is 5.26 Å². The number of para-hydroxylation sites is 1. The Hall–Kier alpha value is -4.97. The van der Waals surface area contributed by atoms with Crippen molar-refractivity contribution in [3.63, 3.8) is 0 Å². The van der Waals surface area contributed by atoms with Crippen LogP contribution in [0.3, 0.4) is 0 Å². The number of hydrogen-bond donors (Lipinski definition) is 2. The van der Waals surface area contributed by atoms with Gasteiger partial charge < -0.3 is 20.4 Å². The number of benzene rings is 3. The number of hydrogen-bond acceptors (Lipinski definition) is 7. The molecule has 0 unspecified atom stereocenters. The molecule has 39 heavy (non-hydrogen) atoms. The molecule has 4 aromatic rings. The summed E-state index contributed by atoms with van der Waals surface area (Å²) in [5, 5.41) is 15.7. The van der Waals surface area contributed by atoms with E-state index in [-0.39, 0.29) is 18.2 Å². The van der Waals surface area contributed by atoms with Crippen molar-refractivity contribution in [3.8, 4) is 17.2 Å². The molecule has 0 bridgehead atoms. The summed E-state index contributed by atoms with van der Waals surface area (Å²) in [4.78, 5) is 37.5. The molecule has 2 amide bonds. The number of amides is 2. The minimum Gasteiger partial charge on any atom is -0.368 e. The van der Waals surface area contributed by atoms with Crippen LogP contribution in [0.15, 0.2) is 72.9 Å². The van der Waals surface area contributed by atoms with Crippen molar-refractivity contribution < 1.29 is 9.59 Å². The monoisotopic (exact) mass is 519 g/mol. The summed E-state index contributed by atoms with van der Waals surface area (Å²) in [5.41, 5.74) is 5.18. The highest BCUT2D eigenvalue weighted by atomic mass is 16.2. The van der Waals surface area contributed by atoms with Crippen LogP contribution in [-0.2, 0) is 4.79 Å². The maximum absolute atomic E-state index is 12.3. The van der Waals surface area contributed by atoms with Crippen LogP contribution in [0.25, 0.3) is 22.0 Å². The molecule has 2 heterocycles. The van der Waals surface area contributed by atoms with Crippen LogP contribution in [0.5, 0.6) is 0 Å². The average molecular weight is 520 g/mol. The molecule has 9 nitrogen and oxygen atoms in total. The minimum absolute atomic E-state index is 0.117. The quantitative estimate of drug-likeness (QED) is 0.349. The van der Waals surface area contributed by atoms with E-state index in [4.69, 9.17) is 10.2 Å². The van der Waals surface area contributed by atoms with E-state index in [2.05, 4.69) is 32.7 Å². The van der Waals surface area contributed by atoms with Crippen molar-refractivity contribution in [2.45, 2.75) is 13.3 Å². The van der Waals surface area contributed by atoms with Gasteiger partial charge in [-0.25, -0.2) is 9.97 Å². The second-order valence-corrected chi connectivity index (χ2v) is 9.35. The first kappa shape index (κ1) is 25.7. The normalized spacial score (nSPS) is 13.1. The lowest BCUT2D eigenvalue weighted by molar-refractivity contribution is -0.129. The molecule has 2 N–H and O–H groups in total. The molecular formula is C30H29N7O2. The topological polar surface area (TPSA) is 114 Å². The Labute approximate surface area is 227 Å². The lowest BCUT2D eigenvalue weighted by atomic mass is 10.0. The van der Waals surface area contributed by atoms with Crippen LogP contribution in [0.2, 0.25) is 0 Å². The van der Waals surface area contributed by atoms with Crippen LogP contribution in [0.1, 0.15) is 23.7 Å². The van der Waals surface area contributed by atoms with Gasteiger partial charge in [0.1, 0.15) is 0 Å². The van der Waals surface area contributed by atoms with Gasteiger partial charge in [0.05, 0.1) is 18.0 Å². The van der Waals surface area contributed by atoms with Crippen LogP contribution in [0.4, 0.5) is 17.3 Å². The lowest BCUT2D eigenvalue weighted by Gasteiger charge is -2.35. The number of anilines is 3. The summed E-state index contributed by atoms with van der Waals surface area (Å²) in [6.07, 6.45) is 2.08. The molecule has 0 saturated carbocycles. The molecule has 0 spiro atoms. The van der Waals surface area contributed by atoms with Crippen molar-refractivity contribution in [1.82, 2.24) is 20.2 Å². The number of rotatable bonds is 7. The number of nitrogens with one attached hydrogen (secondary N) is 2. The van der Waals surface area contributed by atoms with Crippen molar-refractivity contribution in [2.24, 2.45) is 0 Å². The second-order valence-electron chi connectivity index (χ2n) is 9.35. The fraction of sp³-hybridized carbons (Fsp3) is 0.233. The summed E-state index contributed by atoms with van der Waals surface area (Å²) in [6.45, 7) is 4.96. The molecule has 0 aliphatic carbocycles. The molecule has 0 atom stereocenters. The minimum atomic E-state index is -0.202. The van der Waals surface area contributed by atoms with Gasteiger partial charge in [0.2, 0.25) is 11.9 Å². The van der Waals surface area contributed by atoms with Gasteiger partial charge >= 0.3 is 0 Å². The van der Waals surface area contributed by atoms with Gasteiger partial charge in [0.15, 0.2) is 0 Å². The Morgan fingerprint density at radius 1 is 1.00 bits per heavy atom. The molecule has 3 aromatic carbocycles. The number of carbonyl (C=O) groups excluding carboxylic acids is 2. The SMILES string of the molecule is CC(=O)N1CCN(c2cccc(Nc3ncc4cccc(-c5ccc(C(=O)NCCC#N)cc5)c4n3)c2)CC1. The van der Waals surface area contributed by atoms with Crippen LogP contribution in [0, 0.1) is 11.3 Å². The van der Waals surface area contributed by atoms with Gasteiger partial charge in [-0.3, -0.25) is 9.59 Å². The van der Waals surface area contributed by atoms with E-state index < -0.39 is 0 Å². The zero-order chi connectivity index (χ0) is 27.2. The van der Waals surface area contributed by atoms with Gasteiger partial charge in [-0.1, -0.05) is 36.4 Å². The van der Waals surface area contributed by atoms with Crippen LogP contribution in [-0.4, -0.2) is 59.4 Å². The Morgan fingerprint density at radius 3 is 2.51 bits per heavy atom. The number of piperazine rings is 1. The Morgan fingerprint density at radius 2 is 1.77 bits per heavy atom. The third kappa shape index (κ3) is 5.96. The smallest absolute Gasteiger partial charge is 0.251 e. The number of fused-ring (bicyclic) bond motifs is 1. The molecule has 1 aliphatic rings. The Kier molecular flexibility index (Phi) is 7.64. The van der Waals surface area contributed by atoms with Gasteiger partial charge in [-0.2, -0.15) is 5.26 Å². The van der Waals surface area contributed by atoms with E-state index >= 15 is 0 Å². The fourth-order valence-electron chi connectivity index (χ4n) is 4.67. The maximum atomic E-state index is 12.3. The fourth-order valence-corrected chi connectivity index (χ4v) is 4.67. The largest absolute Gasteiger partial charge is 0.368 e. The maximum Gasteiger partial charge on any atom is 0.251 e. The van der Waals surface area contributed by atoms with E-state index in [1.807, 2.05) is 53.4 Å². The van der Waals surface area contributed by atoms with E-state index in [0.717, 1.165) is 59.6 Å². The molecule has 5 rings (SSSR count). The number of nitrogens with zero attached hydrogens (tertiary/aromatic N) is 5. The third-order valence-corrected chi connectivity index (χ3v) is 6.78.